The number of anilines is 3. The molecule has 0 spiro atoms. The Balaban J connectivity index is 0.00000225. The molecule has 1 aliphatic heterocycles. The second-order valence-corrected chi connectivity index (χ2v) is 7.17. The quantitative estimate of drug-likeness (QED) is 0.617. The lowest BCUT2D eigenvalue weighted by Crippen LogP contribution is -2.30. The van der Waals surface area contributed by atoms with E-state index in [1.54, 1.807) is 46.1 Å². The van der Waals surface area contributed by atoms with Crippen LogP contribution in [0.5, 0.6) is 0 Å². The highest BCUT2D eigenvalue weighted by Gasteiger charge is 2.27. The highest BCUT2D eigenvalue weighted by atomic mass is 35.5. The molecule has 3 N–H and O–H groups in total. The van der Waals surface area contributed by atoms with E-state index in [1.807, 2.05) is 13.1 Å². The number of hydrogen-bond donors (Lipinski definition) is 2. The Morgan fingerprint density at radius 2 is 2.04 bits per heavy atom. The van der Waals surface area contributed by atoms with Crippen molar-refractivity contribution in [2.45, 2.75) is 13.1 Å². The summed E-state index contributed by atoms with van der Waals surface area (Å²) in [6, 6.07) is 10.6. The average Bonchev–Trinajstić information content (AvgIpc) is 2.90. The molecule has 6 nitrogen and oxygen atoms in total. The van der Waals surface area contributed by atoms with Crippen molar-refractivity contribution in [1.82, 2.24) is 9.78 Å². The van der Waals surface area contributed by atoms with Crippen LogP contribution in [0.15, 0.2) is 42.6 Å². The summed E-state index contributed by atoms with van der Waals surface area (Å²) in [5, 5.41) is 8.68. The average molecular weight is 439 g/mol. The van der Waals surface area contributed by atoms with E-state index in [4.69, 9.17) is 28.9 Å². The summed E-state index contributed by atoms with van der Waals surface area (Å²) in [7, 11) is 1.85. The fraction of sp³-hybridized carbons (Fsp3) is 0.158. The SMILES string of the molecule is Cl.Cn1ncc2c1Nc1cc(Cl)ccc1N(C(=O)c1ccc(CN)c(Cl)c1)C2. The van der Waals surface area contributed by atoms with Crippen LogP contribution in [0.25, 0.3) is 0 Å². The summed E-state index contributed by atoms with van der Waals surface area (Å²) in [6.07, 6.45) is 1.75. The van der Waals surface area contributed by atoms with Gasteiger partial charge in [0, 0.05) is 34.8 Å². The van der Waals surface area contributed by atoms with E-state index in [-0.39, 0.29) is 18.3 Å². The Bertz CT molecular complexity index is 1050. The molecule has 1 aliphatic rings. The van der Waals surface area contributed by atoms with Crippen molar-refractivity contribution < 1.29 is 4.79 Å². The first-order chi connectivity index (χ1) is 13.0. The standard InChI is InChI=1S/C19H17Cl2N5O.ClH/c1-25-18-13(9-23-25)10-26(17-5-4-14(20)7-16(17)24-18)19(27)11-2-3-12(8-22)15(21)6-11;/h2-7,9,24H,8,10,22H2,1H3;1H. The van der Waals surface area contributed by atoms with E-state index in [1.165, 1.54) is 0 Å². The first-order valence-electron chi connectivity index (χ1n) is 8.35. The van der Waals surface area contributed by atoms with Crippen molar-refractivity contribution in [3.8, 4) is 0 Å². The molecular formula is C19H18Cl3N5O. The summed E-state index contributed by atoms with van der Waals surface area (Å²) in [5.74, 6) is 0.660. The maximum Gasteiger partial charge on any atom is 0.258 e. The van der Waals surface area contributed by atoms with Crippen LogP contribution in [-0.2, 0) is 20.1 Å². The first kappa shape index (κ1) is 20.5. The first-order valence-corrected chi connectivity index (χ1v) is 9.11. The van der Waals surface area contributed by atoms with Crippen molar-refractivity contribution >= 4 is 58.7 Å². The predicted octanol–water partition coefficient (Wildman–Crippen LogP) is 4.51. The number of amides is 1. The van der Waals surface area contributed by atoms with Crippen molar-refractivity contribution in [2.75, 3.05) is 10.2 Å². The van der Waals surface area contributed by atoms with Crippen LogP contribution < -0.4 is 16.0 Å². The Labute approximate surface area is 178 Å². The molecule has 0 saturated carbocycles. The molecule has 1 aromatic heterocycles. The molecule has 0 bridgehead atoms. The number of halogens is 3. The second-order valence-electron chi connectivity index (χ2n) is 6.33. The van der Waals surface area contributed by atoms with Gasteiger partial charge in [-0.3, -0.25) is 9.48 Å². The third-order valence-corrected chi connectivity index (χ3v) is 5.20. The molecular weight excluding hydrogens is 421 g/mol. The minimum Gasteiger partial charge on any atom is -0.338 e. The van der Waals surface area contributed by atoms with Gasteiger partial charge < -0.3 is 16.0 Å². The van der Waals surface area contributed by atoms with Gasteiger partial charge >= 0.3 is 0 Å². The van der Waals surface area contributed by atoms with Gasteiger partial charge in [0.25, 0.3) is 5.91 Å². The summed E-state index contributed by atoms with van der Waals surface area (Å²) in [6.45, 7) is 0.696. The summed E-state index contributed by atoms with van der Waals surface area (Å²) < 4.78 is 1.74. The number of nitrogens with two attached hydrogens (primary N) is 1. The Morgan fingerprint density at radius 1 is 1.25 bits per heavy atom. The van der Waals surface area contributed by atoms with Crippen LogP contribution in [0.1, 0.15) is 21.5 Å². The topological polar surface area (TPSA) is 76.2 Å². The maximum absolute atomic E-state index is 13.3. The van der Waals surface area contributed by atoms with Gasteiger partial charge in [-0.15, -0.1) is 12.4 Å². The van der Waals surface area contributed by atoms with Gasteiger partial charge in [0.1, 0.15) is 5.82 Å². The highest BCUT2D eigenvalue weighted by Crippen LogP contribution is 2.38. The van der Waals surface area contributed by atoms with Crippen molar-refractivity contribution in [2.24, 2.45) is 12.8 Å². The van der Waals surface area contributed by atoms with E-state index in [0.29, 0.717) is 28.7 Å². The second kappa shape index (κ2) is 8.01. The zero-order valence-corrected chi connectivity index (χ0v) is 17.3. The van der Waals surface area contributed by atoms with Gasteiger partial charge in [-0.05, 0) is 35.9 Å². The van der Waals surface area contributed by atoms with Crippen LogP contribution in [0.2, 0.25) is 10.0 Å². The van der Waals surface area contributed by atoms with Crippen LogP contribution in [0.4, 0.5) is 17.2 Å². The molecule has 2 aromatic carbocycles. The molecule has 0 unspecified atom stereocenters. The molecule has 146 valence electrons. The van der Waals surface area contributed by atoms with E-state index in [9.17, 15) is 4.79 Å². The number of aromatic nitrogens is 2. The van der Waals surface area contributed by atoms with Crippen LogP contribution in [0, 0.1) is 0 Å². The molecule has 0 atom stereocenters. The van der Waals surface area contributed by atoms with Gasteiger partial charge in [0.15, 0.2) is 0 Å². The predicted molar refractivity (Wildman–Crippen MR) is 115 cm³/mol. The summed E-state index contributed by atoms with van der Waals surface area (Å²) in [4.78, 5) is 15.0. The number of hydrogen-bond acceptors (Lipinski definition) is 4. The van der Waals surface area contributed by atoms with Gasteiger partial charge in [-0.25, -0.2) is 0 Å². The van der Waals surface area contributed by atoms with E-state index in [0.717, 1.165) is 28.3 Å². The number of carbonyl (C=O) groups excluding carboxylic acids is 1. The van der Waals surface area contributed by atoms with E-state index >= 15 is 0 Å². The van der Waals surface area contributed by atoms with Crippen LogP contribution in [-0.4, -0.2) is 15.7 Å². The number of nitrogens with one attached hydrogen (secondary N) is 1. The van der Waals surface area contributed by atoms with Gasteiger partial charge in [-0.1, -0.05) is 29.3 Å². The van der Waals surface area contributed by atoms with Crippen LogP contribution in [0.3, 0.4) is 0 Å². The van der Waals surface area contributed by atoms with Gasteiger partial charge in [0.05, 0.1) is 24.1 Å². The maximum atomic E-state index is 13.3. The molecule has 0 radical (unpaired) electrons. The lowest BCUT2D eigenvalue weighted by atomic mass is 10.1. The third kappa shape index (κ3) is 3.56. The normalized spacial score (nSPS) is 12.4. The van der Waals surface area contributed by atoms with Crippen LogP contribution >= 0.6 is 35.6 Å². The number of fused-ring (bicyclic) bond motifs is 2. The number of benzene rings is 2. The fourth-order valence-electron chi connectivity index (χ4n) is 3.17. The highest BCUT2D eigenvalue weighted by molar-refractivity contribution is 6.32. The lowest BCUT2D eigenvalue weighted by Gasteiger charge is -2.23. The molecule has 4 rings (SSSR count). The van der Waals surface area contributed by atoms with Crippen molar-refractivity contribution in [3.05, 3.63) is 69.3 Å². The van der Waals surface area contributed by atoms with Gasteiger partial charge in [-0.2, -0.15) is 5.10 Å². The van der Waals surface area contributed by atoms with E-state index < -0.39 is 0 Å². The minimum absolute atomic E-state index is 0. The van der Waals surface area contributed by atoms with Gasteiger partial charge in [0.2, 0.25) is 0 Å². The smallest absolute Gasteiger partial charge is 0.258 e. The number of carbonyl (C=O) groups is 1. The number of aryl methyl sites for hydroxylation is 1. The zero-order valence-electron chi connectivity index (χ0n) is 14.9. The van der Waals surface area contributed by atoms with Crippen molar-refractivity contribution in [3.63, 3.8) is 0 Å². The molecule has 0 fully saturated rings. The van der Waals surface area contributed by atoms with E-state index in [2.05, 4.69) is 10.4 Å². The fourth-order valence-corrected chi connectivity index (χ4v) is 3.60. The largest absolute Gasteiger partial charge is 0.338 e. The third-order valence-electron chi connectivity index (χ3n) is 4.61. The number of nitrogens with zero attached hydrogens (tertiary/aromatic N) is 3. The monoisotopic (exact) mass is 437 g/mol. The molecule has 2 heterocycles. The molecule has 0 aliphatic carbocycles. The molecule has 0 saturated heterocycles. The van der Waals surface area contributed by atoms with Crippen molar-refractivity contribution in [1.29, 1.82) is 0 Å². The Hall–Kier alpha value is -2.25. The number of rotatable bonds is 2. The zero-order chi connectivity index (χ0) is 19.1. The molecule has 28 heavy (non-hydrogen) atoms. The Morgan fingerprint density at radius 3 is 2.75 bits per heavy atom. The molecule has 9 heteroatoms. The molecule has 3 aromatic rings. The minimum atomic E-state index is -0.164. The summed E-state index contributed by atoms with van der Waals surface area (Å²) in [5.41, 5.74) is 9.33. The summed E-state index contributed by atoms with van der Waals surface area (Å²) >= 11 is 12.4. The Kier molecular flexibility index (Phi) is 5.86. The lowest BCUT2D eigenvalue weighted by molar-refractivity contribution is 0.0985. The molecule has 1 amide bonds.